The van der Waals surface area contributed by atoms with Crippen molar-refractivity contribution in [2.75, 3.05) is 23.7 Å². The summed E-state index contributed by atoms with van der Waals surface area (Å²) in [5.41, 5.74) is 0.345. The lowest BCUT2D eigenvalue weighted by atomic mass is 10.2. The summed E-state index contributed by atoms with van der Waals surface area (Å²) in [6.07, 6.45) is 5.38. The third kappa shape index (κ3) is 5.53. The van der Waals surface area contributed by atoms with Crippen LogP contribution in [0.4, 0.5) is 17.5 Å². The molecule has 7 nitrogen and oxygen atoms in total. The Bertz CT molecular complexity index is 465. The quantitative estimate of drug-likeness (QED) is 0.390. The van der Waals surface area contributed by atoms with E-state index in [1.165, 1.54) is 6.42 Å². The van der Waals surface area contributed by atoms with Gasteiger partial charge in [0, 0.05) is 13.1 Å². The molecule has 2 N–H and O–H groups in total. The Kier molecular flexibility index (Phi) is 7.42. The molecule has 118 valence electrons. The monoisotopic (exact) mass is 295 g/mol. The van der Waals surface area contributed by atoms with Gasteiger partial charge < -0.3 is 10.6 Å². The number of nitrogens with one attached hydrogen (secondary N) is 2. The Morgan fingerprint density at radius 1 is 1.05 bits per heavy atom. The fraction of sp³-hybridized carbons (Fsp3) is 0.714. The molecule has 0 radical (unpaired) electrons. The van der Waals surface area contributed by atoms with Crippen LogP contribution in [0.3, 0.4) is 0 Å². The SMILES string of the molecule is CCCCCCNc1nc(NCCC)nc(C)c1[N+](=O)[O-]. The molecule has 0 saturated heterocycles. The van der Waals surface area contributed by atoms with Gasteiger partial charge in [-0.25, -0.2) is 4.98 Å². The Morgan fingerprint density at radius 2 is 1.81 bits per heavy atom. The maximum atomic E-state index is 11.2. The van der Waals surface area contributed by atoms with Gasteiger partial charge in [-0.2, -0.15) is 4.98 Å². The first kappa shape index (κ1) is 17.1. The average molecular weight is 295 g/mol. The molecular formula is C14H25N5O2. The Morgan fingerprint density at radius 3 is 2.43 bits per heavy atom. The normalized spacial score (nSPS) is 10.4. The standard InChI is InChI=1S/C14H25N5O2/c1-4-6-7-8-10-15-13-12(19(20)21)11(3)17-14(18-13)16-9-5-2/h4-10H2,1-3H3,(H2,15,16,17,18). The summed E-state index contributed by atoms with van der Waals surface area (Å²) in [7, 11) is 0. The van der Waals surface area contributed by atoms with Gasteiger partial charge in [0.2, 0.25) is 11.8 Å². The van der Waals surface area contributed by atoms with Gasteiger partial charge in [0.25, 0.3) is 0 Å². The van der Waals surface area contributed by atoms with E-state index >= 15 is 0 Å². The van der Waals surface area contributed by atoms with Crippen LogP contribution in [0.5, 0.6) is 0 Å². The number of hydrogen-bond donors (Lipinski definition) is 2. The average Bonchev–Trinajstić information content (AvgIpc) is 2.44. The zero-order chi connectivity index (χ0) is 15.7. The predicted octanol–water partition coefficient (Wildman–Crippen LogP) is 3.51. The molecular weight excluding hydrogens is 270 g/mol. The van der Waals surface area contributed by atoms with Crippen molar-refractivity contribution in [3.63, 3.8) is 0 Å². The third-order valence-electron chi connectivity index (χ3n) is 3.10. The van der Waals surface area contributed by atoms with Crippen molar-refractivity contribution in [2.24, 2.45) is 0 Å². The Hall–Kier alpha value is -1.92. The number of nitro groups is 1. The first-order valence-corrected chi connectivity index (χ1v) is 7.60. The highest BCUT2D eigenvalue weighted by Gasteiger charge is 2.21. The van der Waals surface area contributed by atoms with Crippen molar-refractivity contribution < 1.29 is 4.92 Å². The molecule has 0 unspecified atom stereocenters. The van der Waals surface area contributed by atoms with Crippen LogP contribution in [0.25, 0.3) is 0 Å². The third-order valence-corrected chi connectivity index (χ3v) is 3.10. The maximum absolute atomic E-state index is 11.2. The molecule has 1 heterocycles. The lowest BCUT2D eigenvalue weighted by Crippen LogP contribution is -2.12. The molecule has 0 aliphatic heterocycles. The molecule has 1 aromatic rings. The number of unbranched alkanes of at least 4 members (excludes halogenated alkanes) is 3. The number of hydrogen-bond acceptors (Lipinski definition) is 6. The second-order valence-corrected chi connectivity index (χ2v) is 5.00. The van der Waals surface area contributed by atoms with E-state index in [9.17, 15) is 10.1 Å². The van der Waals surface area contributed by atoms with E-state index in [0.717, 1.165) is 32.2 Å². The zero-order valence-electron chi connectivity index (χ0n) is 13.1. The minimum Gasteiger partial charge on any atom is -0.364 e. The van der Waals surface area contributed by atoms with Crippen LogP contribution in [0.15, 0.2) is 0 Å². The van der Waals surface area contributed by atoms with Crippen molar-refractivity contribution >= 4 is 17.5 Å². The van der Waals surface area contributed by atoms with E-state index in [0.29, 0.717) is 24.0 Å². The number of aromatic nitrogens is 2. The van der Waals surface area contributed by atoms with Gasteiger partial charge in [-0.15, -0.1) is 0 Å². The van der Waals surface area contributed by atoms with Crippen LogP contribution < -0.4 is 10.6 Å². The van der Waals surface area contributed by atoms with Crippen LogP contribution in [-0.2, 0) is 0 Å². The van der Waals surface area contributed by atoms with Crippen molar-refractivity contribution in [3.05, 3.63) is 15.8 Å². The molecule has 0 aliphatic rings. The van der Waals surface area contributed by atoms with Gasteiger partial charge in [-0.1, -0.05) is 33.1 Å². The summed E-state index contributed by atoms with van der Waals surface area (Å²) in [5.74, 6) is 0.749. The number of nitrogens with zero attached hydrogens (tertiary/aromatic N) is 3. The topological polar surface area (TPSA) is 93.0 Å². The van der Waals surface area contributed by atoms with Crippen molar-refractivity contribution in [3.8, 4) is 0 Å². The van der Waals surface area contributed by atoms with Crippen LogP contribution in [0, 0.1) is 17.0 Å². The molecule has 0 amide bonds. The lowest BCUT2D eigenvalue weighted by Gasteiger charge is -2.10. The van der Waals surface area contributed by atoms with Crippen LogP contribution in [-0.4, -0.2) is 28.0 Å². The Balaban J connectivity index is 2.80. The summed E-state index contributed by atoms with van der Waals surface area (Å²) in [6, 6.07) is 0. The van der Waals surface area contributed by atoms with E-state index in [1.54, 1.807) is 6.92 Å². The minimum absolute atomic E-state index is 0.0347. The highest BCUT2D eigenvalue weighted by atomic mass is 16.6. The molecule has 0 spiro atoms. The van der Waals surface area contributed by atoms with Gasteiger partial charge >= 0.3 is 5.69 Å². The molecule has 1 aromatic heterocycles. The fourth-order valence-electron chi connectivity index (χ4n) is 1.98. The highest BCUT2D eigenvalue weighted by Crippen LogP contribution is 2.26. The second-order valence-electron chi connectivity index (χ2n) is 5.00. The first-order valence-electron chi connectivity index (χ1n) is 7.60. The van der Waals surface area contributed by atoms with Gasteiger partial charge in [0.15, 0.2) is 0 Å². The van der Waals surface area contributed by atoms with E-state index < -0.39 is 4.92 Å². The molecule has 21 heavy (non-hydrogen) atoms. The summed E-state index contributed by atoms with van der Waals surface area (Å²) in [4.78, 5) is 19.1. The molecule has 0 bridgehead atoms. The molecule has 1 rings (SSSR count). The lowest BCUT2D eigenvalue weighted by molar-refractivity contribution is -0.385. The highest BCUT2D eigenvalue weighted by molar-refractivity contribution is 5.60. The van der Waals surface area contributed by atoms with Gasteiger partial charge in [0.05, 0.1) is 4.92 Å². The summed E-state index contributed by atoms with van der Waals surface area (Å²) >= 11 is 0. The molecule has 7 heteroatoms. The Labute approximate surface area is 125 Å². The predicted molar refractivity (Wildman–Crippen MR) is 84.8 cm³/mol. The van der Waals surface area contributed by atoms with E-state index in [2.05, 4.69) is 27.5 Å². The number of aryl methyl sites for hydroxylation is 1. The second kappa shape index (κ2) is 9.10. The molecule has 0 saturated carbocycles. The van der Waals surface area contributed by atoms with E-state index in [-0.39, 0.29) is 5.69 Å². The first-order chi connectivity index (χ1) is 10.1. The fourth-order valence-corrected chi connectivity index (χ4v) is 1.98. The summed E-state index contributed by atoms with van der Waals surface area (Å²) in [5, 5.41) is 17.3. The van der Waals surface area contributed by atoms with Crippen molar-refractivity contribution in [2.45, 2.75) is 52.9 Å². The maximum Gasteiger partial charge on any atom is 0.332 e. The molecule has 0 aliphatic carbocycles. The summed E-state index contributed by atoms with van der Waals surface area (Å²) < 4.78 is 0. The smallest absolute Gasteiger partial charge is 0.332 e. The van der Waals surface area contributed by atoms with Gasteiger partial charge in [-0.05, 0) is 19.8 Å². The van der Waals surface area contributed by atoms with E-state index in [4.69, 9.17) is 0 Å². The molecule has 0 fully saturated rings. The minimum atomic E-state index is -0.423. The number of anilines is 2. The van der Waals surface area contributed by atoms with Crippen molar-refractivity contribution in [1.82, 2.24) is 9.97 Å². The van der Waals surface area contributed by atoms with E-state index in [1.807, 2.05) is 6.92 Å². The van der Waals surface area contributed by atoms with Gasteiger partial charge in [-0.3, -0.25) is 10.1 Å². The number of rotatable bonds is 10. The largest absolute Gasteiger partial charge is 0.364 e. The summed E-state index contributed by atoms with van der Waals surface area (Å²) in [6.45, 7) is 7.26. The molecule has 0 atom stereocenters. The van der Waals surface area contributed by atoms with Crippen LogP contribution >= 0.6 is 0 Å². The molecule has 0 aromatic carbocycles. The zero-order valence-corrected chi connectivity index (χ0v) is 13.1. The van der Waals surface area contributed by atoms with Crippen LogP contribution in [0.1, 0.15) is 51.6 Å². The van der Waals surface area contributed by atoms with Crippen LogP contribution in [0.2, 0.25) is 0 Å². The van der Waals surface area contributed by atoms with Gasteiger partial charge in [0.1, 0.15) is 5.69 Å². The van der Waals surface area contributed by atoms with Crippen molar-refractivity contribution in [1.29, 1.82) is 0 Å².